The summed E-state index contributed by atoms with van der Waals surface area (Å²) in [5.74, 6) is -2.28. The molecule has 0 aliphatic rings. The van der Waals surface area contributed by atoms with Crippen molar-refractivity contribution >= 4 is 34.1 Å². The Morgan fingerprint density at radius 3 is 2.38 bits per heavy atom. The van der Waals surface area contributed by atoms with Gasteiger partial charge in [-0.15, -0.1) is 11.3 Å². The molecule has 1 aromatic carbocycles. The molecular formula is C16H14F2N2O5S. The topological polar surface area (TPSA) is 108 Å². The summed E-state index contributed by atoms with van der Waals surface area (Å²) in [7, 11) is 0. The number of alkyl halides is 2. The highest BCUT2D eigenvalue weighted by Gasteiger charge is 2.21. The van der Waals surface area contributed by atoms with Gasteiger partial charge in [-0.3, -0.25) is 9.59 Å². The summed E-state index contributed by atoms with van der Waals surface area (Å²) >= 11 is 1.10. The van der Waals surface area contributed by atoms with E-state index in [2.05, 4.69) is 10.1 Å². The van der Waals surface area contributed by atoms with E-state index in [-0.39, 0.29) is 21.9 Å². The molecule has 0 aliphatic heterocycles. The number of carbonyl (C=O) groups is 3. The summed E-state index contributed by atoms with van der Waals surface area (Å²) in [6, 6.07) is 6.28. The minimum Gasteiger partial charge on any atom is -0.449 e. The van der Waals surface area contributed by atoms with Gasteiger partial charge in [0.05, 0.1) is 11.1 Å². The third-order valence-electron chi connectivity index (χ3n) is 3.14. The van der Waals surface area contributed by atoms with Gasteiger partial charge < -0.3 is 20.5 Å². The lowest BCUT2D eigenvalue weighted by atomic mass is 10.2. The number of thiophene rings is 1. The van der Waals surface area contributed by atoms with Crippen LogP contribution in [0.2, 0.25) is 0 Å². The molecule has 138 valence electrons. The van der Waals surface area contributed by atoms with Crippen molar-refractivity contribution in [3.05, 3.63) is 46.8 Å². The van der Waals surface area contributed by atoms with E-state index in [0.29, 0.717) is 0 Å². The third-order valence-corrected chi connectivity index (χ3v) is 3.97. The van der Waals surface area contributed by atoms with Gasteiger partial charge in [-0.25, -0.2) is 4.79 Å². The number of anilines is 1. The van der Waals surface area contributed by atoms with Gasteiger partial charge >= 0.3 is 12.6 Å². The van der Waals surface area contributed by atoms with Crippen LogP contribution in [0.1, 0.15) is 27.6 Å². The molecule has 1 aromatic heterocycles. The van der Waals surface area contributed by atoms with Crippen LogP contribution in [0.3, 0.4) is 0 Å². The van der Waals surface area contributed by atoms with Crippen molar-refractivity contribution in [3.63, 3.8) is 0 Å². The fourth-order valence-corrected chi connectivity index (χ4v) is 2.66. The van der Waals surface area contributed by atoms with Gasteiger partial charge in [0.1, 0.15) is 10.8 Å². The van der Waals surface area contributed by atoms with Gasteiger partial charge in [0.15, 0.2) is 6.10 Å². The number of carbonyl (C=O) groups excluding carboxylic acids is 3. The molecule has 10 heteroatoms. The number of rotatable bonds is 7. The van der Waals surface area contributed by atoms with Crippen LogP contribution in [0, 0.1) is 0 Å². The van der Waals surface area contributed by atoms with Crippen LogP contribution >= 0.6 is 11.3 Å². The second-order valence-corrected chi connectivity index (χ2v) is 5.88. The van der Waals surface area contributed by atoms with E-state index < -0.39 is 30.5 Å². The zero-order valence-electron chi connectivity index (χ0n) is 13.4. The van der Waals surface area contributed by atoms with E-state index in [4.69, 9.17) is 10.5 Å². The maximum absolute atomic E-state index is 12.1. The zero-order chi connectivity index (χ0) is 19.3. The first-order valence-corrected chi connectivity index (χ1v) is 8.10. The van der Waals surface area contributed by atoms with Crippen LogP contribution in [-0.2, 0) is 9.53 Å². The van der Waals surface area contributed by atoms with Crippen LogP contribution < -0.4 is 15.8 Å². The number of hydrogen-bond donors (Lipinski definition) is 2. The number of amides is 2. The lowest BCUT2D eigenvalue weighted by Crippen LogP contribution is -2.30. The zero-order valence-corrected chi connectivity index (χ0v) is 14.2. The Labute approximate surface area is 150 Å². The minimum atomic E-state index is -2.97. The molecule has 26 heavy (non-hydrogen) atoms. The number of ether oxygens (including phenoxy) is 2. The van der Waals surface area contributed by atoms with E-state index in [1.165, 1.54) is 37.3 Å². The molecule has 2 aromatic rings. The molecule has 2 amide bonds. The fourth-order valence-electron chi connectivity index (χ4n) is 1.87. The van der Waals surface area contributed by atoms with Crippen LogP contribution in [0.4, 0.5) is 13.8 Å². The summed E-state index contributed by atoms with van der Waals surface area (Å²) < 4.78 is 33.4. The lowest BCUT2D eigenvalue weighted by molar-refractivity contribution is -0.123. The third kappa shape index (κ3) is 4.99. The molecule has 0 aliphatic carbocycles. The van der Waals surface area contributed by atoms with Gasteiger partial charge in [-0.2, -0.15) is 8.78 Å². The number of nitrogens with two attached hydrogens (primary N) is 1. The first-order chi connectivity index (χ1) is 12.3. The number of halogens is 2. The van der Waals surface area contributed by atoms with Gasteiger partial charge in [-0.05, 0) is 42.6 Å². The number of nitrogens with one attached hydrogen (secondary N) is 1. The molecule has 0 unspecified atom stereocenters. The fraction of sp³-hybridized carbons (Fsp3) is 0.188. The van der Waals surface area contributed by atoms with E-state index in [1.807, 2.05) is 0 Å². The van der Waals surface area contributed by atoms with Crippen LogP contribution in [0.5, 0.6) is 5.75 Å². The van der Waals surface area contributed by atoms with E-state index >= 15 is 0 Å². The summed E-state index contributed by atoms with van der Waals surface area (Å²) in [4.78, 5) is 35.3. The van der Waals surface area contributed by atoms with Gasteiger partial charge in [-0.1, -0.05) is 0 Å². The average molecular weight is 384 g/mol. The summed E-state index contributed by atoms with van der Waals surface area (Å²) in [5.41, 5.74) is 5.39. The molecule has 7 nitrogen and oxygen atoms in total. The quantitative estimate of drug-likeness (QED) is 0.714. The van der Waals surface area contributed by atoms with E-state index in [1.54, 1.807) is 5.38 Å². The first kappa shape index (κ1) is 19.3. The Bertz CT molecular complexity index is 807. The smallest absolute Gasteiger partial charge is 0.387 e. The van der Waals surface area contributed by atoms with E-state index in [9.17, 15) is 23.2 Å². The molecule has 0 spiro atoms. The standard InChI is InChI=1S/C16H14F2N2O5S/c1-8(13(22)20-14-11(12(19)21)6-7-26-14)24-15(23)9-2-4-10(5-3-9)25-16(17)18/h2-8,16H,1H3,(H2,19,21)(H,20,22)/t8-/m0/s1. The predicted molar refractivity (Wildman–Crippen MR) is 89.4 cm³/mol. The van der Waals surface area contributed by atoms with Crippen LogP contribution in [-0.4, -0.2) is 30.5 Å². The molecule has 0 radical (unpaired) electrons. The van der Waals surface area contributed by atoms with Crippen molar-refractivity contribution < 1.29 is 32.6 Å². The monoisotopic (exact) mass is 384 g/mol. The average Bonchev–Trinajstić information content (AvgIpc) is 3.03. The molecule has 0 fully saturated rings. The van der Waals surface area contributed by atoms with Crippen molar-refractivity contribution in [1.82, 2.24) is 0 Å². The lowest BCUT2D eigenvalue weighted by Gasteiger charge is -2.13. The highest BCUT2D eigenvalue weighted by Crippen LogP contribution is 2.23. The highest BCUT2D eigenvalue weighted by molar-refractivity contribution is 7.14. The Kier molecular flexibility index (Phi) is 6.23. The van der Waals surface area contributed by atoms with Crippen LogP contribution in [0.15, 0.2) is 35.7 Å². The van der Waals surface area contributed by atoms with Crippen molar-refractivity contribution in [2.24, 2.45) is 5.73 Å². The molecule has 0 saturated heterocycles. The Morgan fingerprint density at radius 2 is 1.81 bits per heavy atom. The normalized spacial score (nSPS) is 11.7. The molecule has 3 N–H and O–H groups in total. The maximum Gasteiger partial charge on any atom is 0.387 e. The van der Waals surface area contributed by atoms with Gasteiger partial charge in [0.25, 0.3) is 11.8 Å². The molecule has 0 bridgehead atoms. The van der Waals surface area contributed by atoms with Crippen molar-refractivity contribution in [2.75, 3.05) is 5.32 Å². The summed E-state index contributed by atoms with van der Waals surface area (Å²) in [6.07, 6.45) is -1.16. The molecular weight excluding hydrogens is 370 g/mol. The number of esters is 1. The number of hydrogen-bond acceptors (Lipinski definition) is 6. The molecule has 1 atom stereocenters. The number of benzene rings is 1. The largest absolute Gasteiger partial charge is 0.449 e. The number of primary amides is 1. The molecule has 0 saturated carbocycles. The predicted octanol–water partition coefficient (Wildman–Crippen LogP) is 2.63. The van der Waals surface area contributed by atoms with Crippen molar-refractivity contribution in [3.8, 4) is 5.75 Å². The first-order valence-electron chi connectivity index (χ1n) is 7.22. The van der Waals surface area contributed by atoms with Crippen molar-refractivity contribution in [2.45, 2.75) is 19.6 Å². The Hall–Kier alpha value is -3.01. The van der Waals surface area contributed by atoms with Gasteiger partial charge in [0, 0.05) is 0 Å². The Morgan fingerprint density at radius 1 is 1.15 bits per heavy atom. The minimum absolute atomic E-state index is 0.0558. The molecule has 2 rings (SSSR count). The second kappa shape index (κ2) is 8.39. The summed E-state index contributed by atoms with van der Waals surface area (Å²) in [5, 5.41) is 4.29. The SMILES string of the molecule is C[C@H](OC(=O)c1ccc(OC(F)F)cc1)C(=O)Nc1sccc1C(N)=O. The van der Waals surface area contributed by atoms with E-state index in [0.717, 1.165) is 11.3 Å². The van der Waals surface area contributed by atoms with Crippen LogP contribution in [0.25, 0.3) is 0 Å². The van der Waals surface area contributed by atoms with Gasteiger partial charge in [0.2, 0.25) is 0 Å². The highest BCUT2D eigenvalue weighted by atomic mass is 32.1. The maximum atomic E-state index is 12.1. The Balaban J connectivity index is 1.96. The molecule has 1 heterocycles. The second-order valence-electron chi connectivity index (χ2n) is 4.97. The van der Waals surface area contributed by atoms with Crippen molar-refractivity contribution in [1.29, 1.82) is 0 Å². The summed E-state index contributed by atoms with van der Waals surface area (Å²) in [6.45, 7) is -1.63.